The van der Waals surface area contributed by atoms with Gasteiger partial charge in [0.1, 0.15) is 6.61 Å². The summed E-state index contributed by atoms with van der Waals surface area (Å²) in [6.07, 6.45) is 95.1. The Hall–Kier alpha value is -3.07. The van der Waals surface area contributed by atoms with Crippen molar-refractivity contribution in [3.05, 3.63) is 97.2 Å². The molecule has 3 N–H and O–H groups in total. The van der Waals surface area contributed by atoms with Crippen LogP contribution in [0.3, 0.4) is 0 Å². The number of hydrogen-bond acceptors (Lipinski definition) is 8. The molecule has 0 aromatic heterocycles. The number of phosphoric ester groups is 1. The highest BCUT2D eigenvalue weighted by atomic mass is 31.2. The molecule has 0 spiro atoms. The minimum Gasteiger partial charge on any atom is -0.462 e. The molecule has 0 amide bonds. The third-order valence-corrected chi connectivity index (χ3v) is 16.4. The van der Waals surface area contributed by atoms with E-state index in [0.29, 0.717) is 6.42 Å². The van der Waals surface area contributed by atoms with Gasteiger partial charge in [-0.25, -0.2) is 4.57 Å². The van der Waals surface area contributed by atoms with E-state index in [4.69, 9.17) is 24.3 Å². The van der Waals surface area contributed by atoms with Crippen molar-refractivity contribution in [2.75, 3.05) is 26.4 Å². The van der Waals surface area contributed by atoms with Gasteiger partial charge in [0, 0.05) is 19.4 Å². The lowest BCUT2D eigenvalue weighted by Crippen LogP contribution is -2.29. The van der Waals surface area contributed by atoms with Crippen LogP contribution in [0.4, 0.5) is 0 Å². The first-order chi connectivity index (χ1) is 41.8. The highest BCUT2D eigenvalue weighted by Crippen LogP contribution is 2.43. The molecule has 492 valence electrons. The average Bonchev–Trinajstić information content (AvgIpc) is 3.52. The molecule has 0 fully saturated rings. The first-order valence-corrected chi connectivity index (χ1v) is 37.2. The standard InChI is InChI=1S/C75H134NO8P/c1-3-5-7-9-11-13-15-17-19-21-23-25-27-28-29-30-31-32-33-34-35-36-37-38-39-40-41-42-43-44-46-48-50-52-54-56-58-60-62-64-66-68-75(78)84-73(72-83-85(79,80)82-70-69-76)71-81-74(77)67-65-63-61-59-57-55-53-51-49-47-45-26-24-22-20-18-16-14-12-10-8-6-4-2/h5,7,11,13,16-19,22-25,28-29,45,47,73H,3-4,6,8-10,12,14-15,20-21,26-27,30-44,46,48-72,76H2,1-2H3,(H,79,80)/b7-5-,13-11-,18-16-,19-17-,24-22-,25-23-,29-28-,47-45-. The number of phosphoric acid groups is 1. The lowest BCUT2D eigenvalue weighted by atomic mass is 10.0. The van der Waals surface area contributed by atoms with Gasteiger partial charge in [-0.1, -0.05) is 323 Å². The van der Waals surface area contributed by atoms with Crippen LogP contribution in [0, 0.1) is 0 Å². The van der Waals surface area contributed by atoms with Crippen LogP contribution in [0.2, 0.25) is 0 Å². The molecular formula is C75H134NO8P. The Labute approximate surface area is 525 Å². The Kier molecular flexibility index (Phi) is 67.5. The van der Waals surface area contributed by atoms with Gasteiger partial charge in [0.15, 0.2) is 6.10 Å². The van der Waals surface area contributed by atoms with Crippen molar-refractivity contribution in [2.24, 2.45) is 5.73 Å². The number of carbonyl (C=O) groups excluding carboxylic acids is 2. The summed E-state index contributed by atoms with van der Waals surface area (Å²) in [4.78, 5) is 35.3. The molecule has 0 saturated carbocycles. The van der Waals surface area contributed by atoms with Crippen LogP contribution in [-0.4, -0.2) is 49.3 Å². The van der Waals surface area contributed by atoms with Crippen molar-refractivity contribution >= 4 is 19.8 Å². The Morgan fingerprint density at radius 2 is 0.647 bits per heavy atom. The number of nitrogens with two attached hydrogens (primary N) is 1. The molecule has 0 bridgehead atoms. The summed E-state index contributed by atoms with van der Waals surface area (Å²) in [5.41, 5.74) is 5.40. The molecule has 2 unspecified atom stereocenters. The lowest BCUT2D eigenvalue weighted by molar-refractivity contribution is -0.161. The molecule has 85 heavy (non-hydrogen) atoms. The van der Waals surface area contributed by atoms with Crippen LogP contribution in [0.25, 0.3) is 0 Å². The van der Waals surface area contributed by atoms with Gasteiger partial charge in [0.25, 0.3) is 0 Å². The van der Waals surface area contributed by atoms with E-state index in [1.807, 2.05) is 0 Å². The number of carbonyl (C=O) groups is 2. The van der Waals surface area contributed by atoms with Gasteiger partial charge < -0.3 is 20.1 Å². The van der Waals surface area contributed by atoms with Crippen molar-refractivity contribution < 1.29 is 37.6 Å². The number of unbranched alkanes of at least 4 members (excludes halogenated alkanes) is 38. The van der Waals surface area contributed by atoms with Crippen LogP contribution in [-0.2, 0) is 32.7 Å². The first kappa shape index (κ1) is 81.9. The first-order valence-electron chi connectivity index (χ1n) is 35.7. The zero-order valence-corrected chi connectivity index (χ0v) is 56.2. The molecule has 0 aliphatic rings. The van der Waals surface area contributed by atoms with Crippen molar-refractivity contribution in [1.29, 1.82) is 0 Å². The summed E-state index contributed by atoms with van der Waals surface area (Å²) in [6, 6.07) is 0. The van der Waals surface area contributed by atoms with Gasteiger partial charge in [-0.15, -0.1) is 0 Å². The topological polar surface area (TPSA) is 134 Å². The van der Waals surface area contributed by atoms with Crippen LogP contribution < -0.4 is 5.73 Å². The Morgan fingerprint density at radius 1 is 0.365 bits per heavy atom. The van der Waals surface area contributed by atoms with E-state index in [2.05, 4.69) is 111 Å². The Morgan fingerprint density at radius 3 is 0.965 bits per heavy atom. The molecule has 0 aliphatic carbocycles. The fraction of sp³-hybridized carbons (Fsp3) is 0.760. The summed E-state index contributed by atoms with van der Waals surface area (Å²) in [5.74, 6) is -0.824. The molecule has 0 heterocycles. The lowest BCUT2D eigenvalue weighted by Gasteiger charge is -2.19. The molecule has 9 nitrogen and oxygen atoms in total. The van der Waals surface area contributed by atoms with Gasteiger partial charge in [-0.05, 0) is 96.3 Å². The number of hydrogen-bond donors (Lipinski definition) is 2. The smallest absolute Gasteiger partial charge is 0.462 e. The van der Waals surface area contributed by atoms with Gasteiger partial charge in [0.2, 0.25) is 0 Å². The second kappa shape index (κ2) is 70.0. The maximum Gasteiger partial charge on any atom is 0.472 e. The van der Waals surface area contributed by atoms with Gasteiger partial charge in [-0.3, -0.25) is 18.6 Å². The van der Waals surface area contributed by atoms with Crippen LogP contribution in [0.1, 0.15) is 335 Å². The quantitative estimate of drug-likeness (QED) is 0.0264. The predicted molar refractivity (Wildman–Crippen MR) is 367 cm³/mol. The maximum atomic E-state index is 12.8. The van der Waals surface area contributed by atoms with E-state index in [0.717, 1.165) is 89.9 Å². The summed E-state index contributed by atoms with van der Waals surface area (Å²) >= 11 is 0. The molecule has 10 heteroatoms. The minimum atomic E-state index is -4.40. The van der Waals surface area contributed by atoms with Crippen LogP contribution in [0.15, 0.2) is 97.2 Å². The van der Waals surface area contributed by atoms with Crippen molar-refractivity contribution in [3.8, 4) is 0 Å². The van der Waals surface area contributed by atoms with Crippen molar-refractivity contribution in [3.63, 3.8) is 0 Å². The SMILES string of the molecule is CC/C=C\C/C=C\C/C=C\C/C=C\C/C=C\CCCCCCCCCCCCCCCCCCCCCCCCCCCC(=O)OC(COC(=O)CCCCCCCCCC/C=C\C/C=C\C/C=C\CCCCCCC)COP(=O)(O)OCCN. The van der Waals surface area contributed by atoms with E-state index in [9.17, 15) is 19.0 Å². The third-order valence-electron chi connectivity index (χ3n) is 15.5. The summed E-state index contributed by atoms with van der Waals surface area (Å²) in [6.45, 7) is 3.65. The Bertz CT molecular complexity index is 1720. The molecule has 0 saturated heterocycles. The highest BCUT2D eigenvalue weighted by molar-refractivity contribution is 7.47. The average molecular weight is 1210 g/mol. The minimum absolute atomic E-state index is 0.0510. The third kappa shape index (κ3) is 69.9. The molecule has 2 atom stereocenters. The van der Waals surface area contributed by atoms with E-state index in [1.165, 1.54) is 212 Å². The zero-order valence-electron chi connectivity index (χ0n) is 55.3. The molecule has 0 aromatic carbocycles. The molecule has 0 aliphatic heterocycles. The fourth-order valence-corrected chi connectivity index (χ4v) is 11.0. The van der Waals surface area contributed by atoms with E-state index in [1.54, 1.807) is 0 Å². The van der Waals surface area contributed by atoms with Gasteiger partial charge in [-0.2, -0.15) is 0 Å². The van der Waals surface area contributed by atoms with E-state index >= 15 is 0 Å². The maximum absolute atomic E-state index is 12.8. The molecule has 0 aromatic rings. The Balaban J connectivity index is 3.80. The second-order valence-corrected chi connectivity index (χ2v) is 25.2. The largest absolute Gasteiger partial charge is 0.472 e. The zero-order chi connectivity index (χ0) is 61.6. The normalized spacial score (nSPS) is 13.5. The van der Waals surface area contributed by atoms with Gasteiger partial charge in [0.05, 0.1) is 13.2 Å². The monoisotopic (exact) mass is 1210 g/mol. The number of rotatable bonds is 67. The predicted octanol–water partition coefficient (Wildman–Crippen LogP) is 23.5. The van der Waals surface area contributed by atoms with Crippen molar-refractivity contribution in [1.82, 2.24) is 0 Å². The number of esters is 2. The summed E-state index contributed by atoms with van der Waals surface area (Å²) in [5, 5.41) is 0. The van der Waals surface area contributed by atoms with E-state index in [-0.39, 0.29) is 38.6 Å². The second-order valence-electron chi connectivity index (χ2n) is 23.7. The fourth-order valence-electron chi connectivity index (χ4n) is 10.2. The molecular weight excluding hydrogens is 1070 g/mol. The summed E-state index contributed by atoms with van der Waals surface area (Å²) in [7, 11) is -4.40. The van der Waals surface area contributed by atoms with Crippen molar-refractivity contribution in [2.45, 2.75) is 341 Å². The summed E-state index contributed by atoms with van der Waals surface area (Å²) < 4.78 is 33.2. The molecule has 0 rings (SSSR count). The van der Waals surface area contributed by atoms with Crippen LogP contribution in [0.5, 0.6) is 0 Å². The van der Waals surface area contributed by atoms with E-state index < -0.39 is 26.5 Å². The number of ether oxygens (including phenoxy) is 2. The highest BCUT2D eigenvalue weighted by Gasteiger charge is 2.26. The van der Waals surface area contributed by atoms with Crippen LogP contribution >= 0.6 is 7.82 Å². The van der Waals surface area contributed by atoms with Gasteiger partial charge >= 0.3 is 19.8 Å². The number of allylic oxidation sites excluding steroid dienone is 16. The molecule has 0 radical (unpaired) electrons.